The zero-order valence-electron chi connectivity index (χ0n) is 19.2. The van der Waals surface area contributed by atoms with Crippen LogP contribution in [0.1, 0.15) is 54.1 Å². The van der Waals surface area contributed by atoms with E-state index in [9.17, 15) is 9.59 Å². The van der Waals surface area contributed by atoms with Crippen LogP contribution in [0.2, 0.25) is 0 Å². The van der Waals surface area contributed by atoms with Gasteiger partial charge in [0.25, 0.3) is 5.91 Å². The Kier molecular flexibility index (Phi) is 6.98. The zero-order chi connectivity index (χ0) is 22.5. The molecule has 2 aliphatic rings. The summed E-state index contributed by atoms with van der Waals surface area (Å²) in [6, 6.07) is 13.6. The first-order chi connectivity index (χ1) is 15.5. The number of hydrogen-bond acceptors (Lipinski definition) is 3. The maximum absolute atomic E-state index is 12.8. The molecule has 0 spiro atoms. The number of nitrogens with one attached hydrogen (secondary N) is 2. The number of aryl methyl sites for hydroxylation is 1. The molecule has 0 radical (unpaired) electrons. The molecule has 0 aromatic heterocycles. The van der Waals surface area contributed by atoms with Crippen molar-refractivity contribution in [2.24, 2.45) is 5.92 Å². The van der Waals surface area contributed by atoms with E-state index in [1.807, 2.05) is 24.0 Å². The van der Waals surface area contributed by atoms with Crippen LogP contribution < -0.4 is 15.5 Å². The minimum Gasteiger partial charge on any atom is -0.372 e. The van der Waals surface area contributed by atoms with Gasteiger partial charge in [-0.3, -0.25) is 4.79 Å². The van der Waals surface area contributed by atoms with E-state index in [-0.39, 0.29) is 11.9 Å². The number of hydrogen-bond donors (Lipinski definition) is 2. The fraction of sp³-hybridized carbons (Fsp3) is 0.462. The molecule has 4 rings (SSSR count). The Balaban J connectivity index is 1.29. The largest absolute Gasteiger partial charge is 0.372 e. The smallest absolute Gasteiger partial charge is 0.319 e. The summed E-state index contributed by atoms with van der Waals surface area (Å²) in [7, 11) is 0. The Bertz CT molecular complexity index is 943. The van der Waals surface area contributed by atoms with E-state index in [0.717, 1.165) is 55.8 Å². The van der Waals surface area contributed by atoms with Gasteiger partial charge in [0.2, 0.25) is 0 Å². The van der Waals surface area contributed by atoms with Gasteiger partial charge in [0.15, 0.2) is 0 Å². The normalized spacial score (nSPS) is 16.8. The predicted molar refractivity (Wildman–Crippen MR) is 129 cm³/mol. The molecule has 2 saturated heterocycles. The Morgan fingerprint density at radius 3 is 2.31 bits per heavy atom. The van der Waals surface area contributed by atoms with Gasteiger partial charge in [0.1, 0.15) is 0 Å². The van der Waals surface area contributed by atoms with Crippen LogP contribution in [0.25, 0.3) is 0 Å². The second kappa shape index (κ2) is 10.1. The molecule has 6 nitrogen and oxygen atoms in total. The Labute approximate surface area is 191 Å². The lowest BCUT2D eigenvalue weighted by atomic mass is 9.98. The number of nitrogens with zero attached hydrogens (tertiary/aromatic N) is 2. The van der Waals surface area contributed by atoms with Crippen LogP contribution in [0.5, 0.6) is 0 Å². The predicted octanol–water partition coefficient (Wildman–Crippen LogP) is 4.79. The van der Waals surface area contributed by atoms with E-state index in [1.165, 1.54) is 18.5 Å². The summed E-state index contributed by atoms with van der Waals surface area (Å²) in [6.07, 6.45) is 4.64. The van der Waals surface area contributed by atoms with Crippen LogP contribution in [-0.4, -0.2) is 43.0 Å². The average Bonchev–Trinajstić information content (AvgIpc) is 3.34. The number of carbonyl (C=O) groups excluding carboxylic acids is 2. The molecule has 2 aromatic carbocycles. The molecule has 0 aliphatic carbocycles. The van der Waals surface area contributed by atoms with Crippen molar-refractivity contribution in [2.45, 2.75) is 46.1 Å². The number of carbonyl (C=O) groups is 2. The summed E-state index contributed by atoms with van der Waals surface area (Å²) in [5.74, 6) is 0.766. The molecule has 0 bridgehead atoms. The molecule has 0 saturated carbocycles. The van der Waals surface area contributed by atoms with Crippen LogP contribution in [0.15, 0.2) is 42.5 Å². The molecular weight excluding hydrogens is 400 g/mol. The third-order valence-corrected chi connectivity index (χ3v) is 6.65. The van der Waals surface area contributed by atoms with E-state index in [1.54, 1.807) is 6.07 Å². The zero-order valence-corrected chi connectivity index (χ0v) is 19.2. The number of anilines is 2. The van der Waals surface area contributed by atoms with Gasteiger partial charge >= 0.3 is 6.03 Å². The first kappa shape index (κ1) is 22.2. The third-order valence-electron chi connectivity index (χ3n) is 6.65. The van der Waals surface area contributed by atoms with Gasteiger partial charge in [-0.05, 0) is 80.0 Å². The van der Waals surface area contributed by atoms with E-state index in [0.29, 0.717) is 18.0 Å². The molecule has 2 heterocycles. The standard InChI is InChI=1S/C26H34N4O2/c1-19-11-15-30(16-12-19)25(31)22-7-10-24(20(2)17-22)28-26(32)27-18-21-5-8-23(9-6-21)29-13-3-4-14-29/h5-10,17,19H,3-4,11-16,18H2,1-2H3,(H2,27,28,32). The molecular formula is C26H34N4O2. The van der Waals surface area contributed by atoms with Crippen LogP contribution in [-0.2, 0) is 6.54 Å². The minimum atomic E-state index is -0.249. The highest BCUT2D eigenvalue weighted by Gasteiger charge is 2.22. The molecule has 32 heavy (non-hydrogen) atoms. The molecule has 170 valence electrons. The minimum absolute atomic E-state index is 0.0772. The van der Waals surface area contributed by atoms with Crippen molar-refractivity contribution in [3.63, 3.8) is 0 Å². The van der Waals surface area contributed by atoms with Gasteiger partial charge in [-0.25, -0.2) is 4.79 Å². The van der Waals surface area contributed by atoms with Gasteiger partial charge in [-0.2, -0.15) is 0 Å². The van der Waals surface area contributed by atoms with Gasteiger partial charge in [-0.1, -0.05) is 19.1 Å². The van der Waals surface area contributed by atoms with Gasteiger partial charge < -0.3 is 20.4 Å². The fourth-order valence-electron chi connectivity index (χ4n) is 4.48. The monoisotopic (exact) mass is 434 g/mol. The first-order valence-corrected chi connectivity index (χ1v) is 11.8. The quantitative estimate of drug-likeness (QED) is 0.711. The second-order valence-electron chi connectivity index (χ2n) is 9.17. The van der Waals surface area contributed by atoms with Gasteiger partial charge in [0, 0.05) is 49.7 Å². The number of urea groups is 1. The van der Waals surface area contributed by atoms with Crippen molar-refractivity contribution < 1.29 is 9.59 Å². The summed E-state index contributed by atoms with van der Waals surface area (Å²) in [4.78, 5) is 29.5. The van der Waals surface area contributed by atoms with Crippen LogP contribution >= 0.6 is 0 Å². The number of benzene rings is 2. The lowest BCUT2D eigenvalue weighted by Gasteiger charge is -2.30. The van der Waals surface area contributed by atoms with Crippen LogP contribution in [0.4, 0.5) is 16.2 Å². The van der Waals surface area contributed by atoms with E-state index < -0.39 is 0 Å². The number of rotatable bonds is 5. The van der Waals surface area contributed by atoms with Crippen molar-refractivity contribution in [3.05, 3.63) is 59.2 Å². The number of amides is 3. The highest BCUT2D eigenvalue weighted by molar-refractivity contribution is 5.96. The maximum atomic E-state index is 12.8. The van der Waals surface area contributed by atoms with Crippen LogP contribution in [0, 0.1) is 12.8 Å². The Morgan fingerprint density at radius 2 is 1.66 bits per heavy atom. The molecule has 0 unspecified atom stereocenters. The maximum Gasteiger partial charge on any atom is 0.319 e. The number of likely N-dealkylation sites (tertiary alicyclic amines) is 1. The average molecular weight is 435 g/mol. The van der Waals surface area contributed by atoms with Crippen molar-refractivity contribution in [1.29, 1.82) is 0 Å². The molecule has 2 N–H and O–H groups in total. The highest BCUT2D eigenvalue weighted by Crippen LogP contribution is 2.22. The molecule has 2 aromatic rings. The summed E-state index contributed by atoms with van der Waals surface area (Å²) < 4.78 is 0. The van der Waals surface area contributed by atoms with Crippen LogP contribution in [0.3, 0.4) is 0 Å². The summed E-state index contributed by atoms with van der Waals surface area (Å²) in [5, 5.41) is 5.82. The van der Waals surface area contributed by atoms with Crippen molar-refractivity contribution in [3.8, 4) is 0 Å². The fourth-order valence-corrected chi connectivity index (χ4v) is 4.48. The first-order valence-electron chi connectivity index (χ1n) is 11.8. The topological polar surface area (TPSA) is 64.7 Å². The van der Waals surface area contributed by atoms with Crippen molar-refractivity contribution >= 4 is 23.3 Å². The second-order valence-corrected chi connectivity index (χ2v) is 9.17. The molecule has 6 heteroatoms. The highest BCUT2D eigenvalue weighted by atomic mass is 16.2. The van der Waals surface area contributed by atoms with E-state index in [2.05, 4.69) is 46.7 Å². The Morgan fingerprint density at radius 1 is 0.969 bits per heavy atom. The van der Waals surface area contributed by atoms with Gasteiger partial charge in [-0.15, -0.1) is 0 Å². The molecule has 3 amide bonds. The third kappa shape index (κ3) is 5.42. The SMILES string of the molecule is Cc1cc(C(=O)N2CCC(C)CC2)ccc1NC(=O)NCc1ccc(N2CCCC2)cc1. The lowest BCUT2D eigenvalue weighted by Crippen LogP contribution is -2.37. The molecule has 2 aliphatic heterocycles. The van der Waals surface area contributed by atoms with Crippen molar-refractivity contribution in [2.75, 3.05) is 36.4 Å². The van der Waals surface area contributed by atoms with Crippen molar-refractivity contribution in [1.82, 2.24) is 10.2 Å². The summed E-state index contributed by atoms with van der Waals surface area (Å²) in [5.41, 5.74) is 4.60. The number of piperidine rings is 1. The summed E-state index contributed by atoms with van der Waals surface area (Å²) in [6.45, 7) is 8.51. The summed E-state index contributed by atoms with van der Waals surface area (Å²) >= 11 is 0. The van der Waals surface area contributed by atoms with E-state index >= 15 is 0 Å². The lowest BCUT2D eigenvalue weighted by molar-refractivity contribution is 0.0697. The Hall–Kier alpha value is -3.02. The molecule has 2 fully saturated rings. The van der Waals surface area contributed by atoms with E-state index in [4.69, 9.17) is 0 Å². The molecule has 0 atom stereocenters. The van der Waals surface area contributed by atoms with Gasteiger partial charge in [0.05, 0.1) is 0 Å².